The van der Waals surface area contributed by atoms with E-state index in [2.05, 4.69) is 127 Å². The zero-order valence-corrected chi connectivity index (χ0v) is 30.1. The van der Waals surface area contributed by atoms with E-state index >= 15 is 0 Å². The number of fused-ring (bicyclic) bond motifs is 6. The minimum absolute atomic E-state index is 0. The largest absolute Gasteiger partial charge is 1.00 e. The Morgan fingerprint density at radius 1 is 0.600 bits per heavy atom. The SMILES string of the molecule is CC(C)(C)c1ccc2c(c1)Cc1c-2ccc(C(C)(C)C)c1[Si](C)(C)[Zr+2][c]1cccc2c1Cc1ccccc1-2.[Cl-].[Cl-]. The van der Waals surface area contributed by atoms with Gasteiger partial charge in [-0.2, -0.15) is 0 Å². The van der Waals surface area contributed by atoms with Gasteiger partial charge in [-0.15, -0.1) is 0 Å². The van der Waals surface area contributed by atoms with Crippen LogP contribution in [0.3, 0.4) is 0 Å². The molecule has 2 aliphatic carbocycles. The summed E-state index contributed by atoms with van der Waals surface area (Å²) < 4.78 is 1.74. The van der Waals surface area contributed by atoms with E-state index in [1.165, 1.54) is 38.9 Å². The first kappa shape index (κ1) is 31.5. The predicted molar refractivity (Wildman–Crippen MR) is 164 cm³/mol. The summed E-state index contributed by atoms with van der Waals surface area (Å²) in [6, 6.07) is 28.5. The Labute approximate surface area is 265 Å². The average molecular weight is 663 g/mol. The van der Waals surface area contributed by atoms with Crippen LogP contribution >= 0.6 is 0 Å². The molecule has 0 amide bonds. The van der Waals surface area contributed by atoms with E-state index in [9.17, 15) is 0 Å². The molecule has 2 aliphatic rings. The van der Waals surface area contributed by atoms with Gasteiger partial charge in [0.1, 0.15) is 0 Å². The summed E-state index contributed by atoms with van der Waals surface area (Å²) in [5, 5.41) is 0.0906. The Hall–Kier alpha value is -1.44. The fraction of sp³-hybridized carbons (Fsp3) is 0.333. The topological polar surface area (TPSA) is 0 Å². The van der Waals surface area contributed by atoms with Gasteiger partial charge in [-0.25, -0.2) is 0 Å². The molecule has 4 aromatic rings. The molecule has 4 aromatic carbocycles. The van der Waals surface area contributed by atoms with Crippen molar-refractivity contribution in [2.75, 3.05) is 0 Å². The van der Waals surface area contributed by atoms with Crippen molar-refractivity contribution < 1.29 is 47.2 Å². The van der Waals surface area contributed by atoms with Crippen molar-refractivity contribution >= 4 is 13.7 Å². The molecule has 0 fully saturated rings. The third-order valence-corrected chi connectivity index (χ3v) is 21.0. The number of halogens is 2. The first-order chi connectivity index (χ1) is 17.8. The summed E-state index contributed by atoms with van der Waals surface area (Å²) >= 11 is -0.870. The molecule has 0 aromatic heterocycles. The Morgan fingerprint density at radius 2 is 1.20 bits per heavy atom. The fourth-order valence-electron chi connectivity index (χ4n) is 6.76. The third kappa shape index (κ3) is 5.40. The van der Waals surface area contributed by atoms with Crippen LogP contribution in [0.2, 0.25) is 13.1 Å². The normalized spacial score (nSPS) is 13.3. The number of hydrogen-bond acceptors (Lipinski definition) is 0. The van der Waals surface area contributed by atoms with E-state index in [0.29, 0.717) is 0 Å². The predicted octanol–water partition coefficient (Wildman–Crippen LogP) is 2.25. The summed E-state index contributed by atoms with van der Waals surface area (Å²) in [7, 11) is 0. The van der Waals surface area contributed by atoms with Gasteiger partial charge in [-0.3, -0.25) is 0 Å². The molecule has 0 nitrogen and oxygen atoms in total. The molecule has 0 radical (unpaired) electrons. The molecule has 0 saturated heterocycles. The van der Waals surface area contributed by atoms with Crippen LogP contribution in [0.25, 0.3) is 22.3 Å². The van der Waals surface area contributed by atoms with Crippen LogP contribution in [0.5, 0.6) is 0 Å². The zero-order valence-electron chi connectivity index (χ0n) is 25.1. The van der Waals surface area contributed by atoms with Gasteiger partial charge in [-0.05, 0) is 0 Å². The second-order valence-electron chi connectivity index (χ2n) is 14.0. The smallest absolute Gasteiger partial charge is 1.00 e. The van der Waals surface area contributed by atoms with Crippen molar-refractivity contribution in [3.8, 4) is 22.3 Å². The second kappa shape index (κ2) is 11.0. The van der Waals surface area contributed by atoms with Crippen molar-refractivity contribution in [3.63, 3.8) is 0 Å². The molecule has 40 heavy (non-hydrogen) atoms. The molecule has 0 saturated carbocycles. The molecule has 4 heteroatoms. The van der Waals surface area contributed by atoms with Gasteiger partial charge in [0.2, 0.25) is 0 Å². The molecule has 0 bridgehead atoms. The Kier molecular flexibility index (Phi) is 8.66. The van der Waals surface area contributed by atoms with Gasteiger partial charge in [0, 0.05) is 0 Å². The van der Waals surface area contributed by atoms with Crippen molar-refractivity contribution in [1.29, 1.82) is 0 Å². The Bertz CT molecular complexity index is 1590. The van der Waals surface area contributed by atoms with Crippen LogP contribution in [0.15, 0.2) is 72.8 Å². The van der Waals surface area contributed by atoms with Crippen LogP contribution in [0.1, 0.15) is 74.9 Å². The van der Waals surface area contributed by atoms with Crippen LogP contribution < -0.4 is 33.3 Å². The average Bonchev–Trinajstić information content (AvgIpc) is 3.40. The molecule has 206 valence electrons. The van der Waals surface area contributed by atoms with Gasteiger partial charge in [-0.1, -0.05) is 0 Å². The summed E-state index contributed by atoms with van der Waals surface area (Å²) in [5.41, 5.74) is 15.7. The Morgan fingerprint density at radius 3 is 1.90 bits per heavy atom. The molecule has 0 heterocycles. The first-order valence-corrected chi connectivity index (χ1v) is 22.1. The molecule has 6 rings (SSSR count). The third-order valence-electron chi connectivity index (χ3n) is 8.67. The van der Waals surface area contributed by atoms with Crippen molar-refractivity contribution in [1.82, 2.24) is 0 Å². The van der Waals surface area contributed by atoms with Crippen LogP contribution in [0.4, 0.5) is 0 Å². The summed E-state index contributed by atoms with van der Waals surface area (Å²) in [4.78, 5) is 0. The van der Waals surface area contributed by atoms with Crippen LogP contribution in [-0.4, -0.2) is 5.20 Å². The van der Waals surface area contributed by atoms with E-state index in [1.807, 2.05) is 0 Å². The molecule has 0 atom stereocenters. The molecular weight excluding hydrogens is 623 g/mol. The maximum absolute atomic E-state index is 2.70. The van der Waals surface area contributed by atoms with Gasteiger partial charge < -0.3 is 24.8 Å². The van der Waals surface area contributed by atoms with Crippen LogP contribution in [-0.2, 0) is 46.1 Å². The number of benzene rings is 4. The minimum Gasteiger partial charge on any atom is -1.00 e. The van der Waals surface area contributed by atoms with E-state index in [-0.39, 0.29) is 35.6 Å². The van der Waals surface area contributed by atoms with Crippen LogP contribution in [0, 0.1) is 0 Å². The monoisotopic (exact) mass is 660 g/mol. The maximum atomic E-state index is 2.70. The van der Waals surface area contributed by atoms with Crippen molar-refractivity contribution in [2.24, 2.45) is 0 Å². The van der Waals surface area contributed by atoms with Crippen molar-refractivity contribution in [2.45, 2.75) is 78.3 Å². The molecule has 0 aliphatic heterocycles. The fourth-order valence-corrected chi connectivity index (χ4v) is 20.4. The molecule has 0 spiro atoms. The minimum atomic E-state index is -1.70. The van der Waals surface area contributed by atoms with Gasteiger partial charge in [0.15, 0.2) is 0 Å². The van der Waals surface area contributed by atoms with Gasteiger partial charge in [0.05, 0.1) is 0 Å². The first-order valence-electron chi connectivity index (χ1n) is 14.1. The summed E-state index contributed by atoms with van der Waals surface area (Å²) in [5.74, 6) is 0. The van der Waals surface area contributed by atoms with E-state index in [1.54, 1.807) is 25.1 Å². The van der Waals surface area contributed by atoms with E-state index in [4.69, 9.17) is 0 Å². The molecule has 0 N–H and O–H groups in total. The number of hydrogen-bond donors (Lipinski definition) is 0. The van der Waals surface area contributed by atoms with E-state index < -0.39 is 27.6 Å². The van der Waals surface area contributed by atoms with Gasteiger partial charge in [0.25, 0.3) is 0 Å². The standard InChI is InChI=1S/C23H31Si.C13H9.2ClH.Zr/c1-22(2,3)16-9-10-17-15(13-16)14-19-18(17)11-12-20(23(4,5)6)21(19)24(7)8;1-3-7-12-10(5-1)9-11-6-2-4-8-13(11)12;;;/h9-13H,14H2,1-8H3;1-5,7-8H,9H2;2*1H;/q;;;;+2/p-2. The number of rotatable bonds is 3. The quantitative estimate of drug-likeness (QED) is 0.256. The maximum Gasteiger partial charge on any atom is -1.00 e. The summed E-state index contributed by atoms with van der Waals surface area (Å²) in [6.07, 6.45) is 2.22. The molecular formula is C36H40Cl2SiZr. The second-order valence-corrected chi connectivity index (χ2v) is 30.4. The zero-order chi connectivity index (χ0) is 27.0. The van der Waals surface area contributed by atoms with Crippen molar-refractivity contribution in [3.05, 3.63) is 106 Å². The molecule has 0 unspecified atom stereocenters. The Balaban J connectivity index is 0.00000185. The summed E-state index contributed by atoms with van der Waals surface area (Å²) in [6.45, 7) is 19.7. The van der Waals surface area contributed by atoms with Gasteiger partial charge >= 0.3 is 243 Å². The van der Waals surface area contributed by atoms with E-state index in [0.717, 1.165) is 12.8 Å².